The van der Waals surface area contributed by atoms with Crippen LogP contribution in [0.2, 0.25) is 0 Å². The molecule has 0 fully saturated rings. The Morgan fingerprint density at radius 1 is 1.17 bits per heavy atom. The summed E-state index contributed by atoms with van der Waals surface area (Å²) in [6.07, 6.45) is 1.74. The highest BCUT2D eigenvalue weighted by molar-refractivity contribution is 5.96. The number of nitrogens with two attached hydrogens (primary N) is 1. The Kier molecular flexibility index (Phi) is 4.96. The van der Waals surface area contributed by atoms with E-state index in [2.05, 4.69) is 0 Å². The van der Waals surface area contributed by atoms with Crippen LogP contribution in [0.1, 0.15) is 43.5 Å². The predicted octanol–water partition coefficient (Wildman–Crippen LogP) is 3.30. The van der Waals surface area contributed by atoms with Crippen molar-refractivity contribution in [3.05, 3.63) is 35.4 Å². The molecule has 0 unspecified atom stereocenters. The third kappa shape index (κ3) is 4.53. The smallest absolute Gasteiger partial charge is 0.163 e. The maximum absolute atomic E-state index is 13.0. The minimum absolute atomic E-state index is 0.0315. The highest BCUT2D eigenvalue weighted by Crippen LogP contribution is 2.27. The van der Waals surface area contributed by atoms with Gasteiger partial charge in [0.25, 0.3) is 0 Å². The molecule has 0 saturated heterocycles. The largest absolute Gasteiger partial charge is 0.330 e. The summed E-state index contributed by atoms with van der Waals surface area (Å²) in [7, 11) is 0. The first-order valence-corrected chi connectivity index (χ1v) is 6.03. The van der Waals surface area contributed by atoms with Gasteiger partial charge in [-0.05, 0) is 36.9 Å². The molecule has 4 heteroatoms. The Hall–Kier alpha value is -1.29. The lowest BCUT2D eigenvalue weighted by molar-refractivity contribution is 0.0960. The van der Waals surface area contributed by atoms with E-state index < -0.39 is 11.6 Å². The molecule has 100 valence electrons. The van der Waals surface area contributed by atoms with Gasteiger partial charge in [0, 0.05) is 18.1 Å². The van der Waals surface area contributed by atoms with Crippen molar-refractivity contribution in [3.8, 4) is 0 Å². The number of carbonyl (C=O) groups is 1. The summed E-state index contributed by atoms with van der Waals surface area (Å²) < 4.78 is 25.9. The molecule has 1 aromatic carbocycles. The summed E-state index contributed by atoms with van der Waals surface area (Å²) in [5.74, 6) is -1.68. The number of hydrogen-bond donors (Lipinski definition) is 1. The second kappa shape index (κ2) is 6.05. The summed E-state index contributed by atoms with van der Waals surface area (Å²) >= 11 is 0. The molecular formula is C14H19F2NO. The van der Waals surface area contributed by atoms with Crippen LogP contribution < -0.4 is 5.73 Å². The van der Waals surface area contributed by atoms with Gasteiger partial charge in [0.05, 0.1) is 0 Å². The molecule has 0 amide bonds. The second-order valence-corrected chi connectivity index (χ2v) is 5.28. The molecule has 1 rings (SSSR count). The maximum atomic E-state index is 13.0. The van der Waals surface area contributed by atoms with Crippen molar-refractivity contribution in [2.75, 3.05) is 6.54 Å². The van der Waals surface area contributed by atoms with Crippen molar-refractivity contribution in [1.29, 1.82) is 0 Å². The predicted molar refractivity (Wildman–Crippen MR) is 67.4 cm³/mol. The number of carbonyl (C=O) groups excluding carboxylic acids is 1. The highest BCUT2D eigenvalue weighted by atomic mass is 19.1. The molecule has 0 heterocycles. The fourth-order valence-electron chi connectivity index (χ4n) is 1.83. The Balaban J connectivity index is 2.66. The van der Waals surface area contributed by atoms with Gasteiger partial charge in [-0.25, -0.2) is 8.78 Å². The SMILES string of the molecule is CC(C)(CCN)CCC(=O)c1cc(F)cc(F)c1. The fourth-order valence-corrected chi connectivity index (χ4v) is 1.83. The average molecular weight is 255 g/mol. The van der Waals surface area contributed by atoms with Crippen LogP contribution in [0.3, 0.4) is 0 Å². The van der Waals surface area contributed by atoms with Crippen LogP contribution in [0.25, 0.3) is 0 Å². The molecule has 0 aliphatic carbocycles. The molecule has 0 aliphatic rings. The zero-order chi connectivity index (χ0) is 13.8. The number of hydrogen-bond acceptors (Lipinski definition) is 2. The van der Waals surface area contributed by atoms with E-state index in [4.69, 9.17) is 5.73 Å². The first-order chi connectivity index (χ1) is 8.34. The van der Waals surface area contributed by atoms with Crippen molar-refractivity contribution in [2.45, 2.75) is 33.1 Å². The van der Waals surface area contributed by atoms with Crippen LogP contribution in [0, 0.1) is 17.0 Å². The molecular weight excluding hydrogens is 236 g/mol. The average Bonchev–Trinajstić information content (AvgIpc) is 2.24. The summed E-state index contributed by atoms with van der Waals surface area (Å²) in [5.41, 5.74) is 5.55. The van der Waals surface area contributed by atoms with Crippen LogP contribution in [-0.4, -0.2) is 12.3 Å². The van der Waals surface area contributed by atoms with E-state index in [1.807, 2.05) is 13.8 Å². The van der Waals surface area contributed by atoms with Gasteiger partial charge in [-0.2, -0.15) is 0 Å². The van der Waals surface area contributed by atoms with E-state index in [0.29, 0.717) is 13.0 Å². The van der Waals surface area contributed by atoms with Gasteiger partial charge < -0.3 is 5.73 Å². The number of ketones is 1. The number of Topliss-reactive ketones (excluding diaryl/α,β-unsaturated/α-hetero) is 1. The molecule has 0 aromatic heterocycles. The van der Waals surface area contributed by atoms with E-state index in [9.17, 15) is 13.6 Å². The molecule has 0 atom stereocenters. The van der Waals surface area contributed by atoms with Gasteiger partial charge in [0.15, 0.2) is 5.78 Å². The van der Waals surface area contributed by atoms with Crippen LogP contribution in [0.15, 0.2) is 18.2 Å². The van der Waals surface area contributed by atoms with Crippen molar-refractivity contribution >= 4 is 5.78 Å². The van der Waals surface area contributed by atoms with E-state index in [-0.39, 0.29) is 23.2 Å². The Morgan fingerprint density at radius 3 is 2.22 bits per heavy atom. The standard InChI is InChI=1S/C14H19F2NO/c1-14(2,5-6-17)4-3-13(18)10-7-11(15)9-12(16)8-10/h7-9H,3-6,17H2,1-2H3. The summed E-state index contributed by atoms with van der Waals surface area (Å²) in [6, 6.07) is 2.90. The minimum atomic E-state index is -0.723. The van der Waals surface area contributed by atoms with E-state index in [1.165, 1.54) is 0 Å². The lowest BCUT2D eigenvalue weighted by Crippen LogP contribution is -2.18. The summed E-state index contributed by atoms with van der Waals surface area (Å²) in [5, 5.41) is 0. The van der Waals surface area contributed by atoms with E-state index in [0.717, 1.165) is 24.6 Å². The lowest BCUT2D eigenvalue weighted by atomic mass is 9.83. The van der Waals surface area contributed by atoms with Gasteiger partial charge in [-0.1, -0.05) is 13.8 Å². The Morgan fingerprint density at radius 2 is 1.72 bits per heavy atom. The number of rotatable bonds is 6. The first kappa shape index (κ1) is 14.8. The van der Waals surface area contributed by atoms with Crippen molar-refractivity contribution in [3.63, 3.8) is 0 Å². The van der Waals surface area contributed by atoms with E-state index >= 15 is 0 Å². The van der Waals surface area contributed by atoms with Crippen molar-refractivity contribution < 1.29 is 13.6 Å². The highest BCUT2D eigenvalue weighted by Gasteiger charge is 2.19. The lowest BCUT2D eigenvalue weighted by Gasteiger charge is -2.23. The van der Waals surface area contributed by atoms with Crippen molar-refractivity contribution in [2.24, 2.45) is 11.1 Å². The van der Waals surface area contributed by atoms with Crippen LogP contribution in [-0.2, 0) is 0 Å². The van der Waals surface area contributed by atoms with Gasteiger partial charge in [0.2, 0.25) is 0 Å². The molecule has 0 spiro atoms. The third-order valence-electron chi connectivity index (χ3n) is 3.03. The first-order valence-electron chi connectivity index (χ1n) is 6.03. The van der Waals surface area contributed by atoms with E-state index in [1.54, 1.807) is 0 Å². The normalized spacial score (nSPS) is 11.6. The summed E-state index contributed by atoms with van der Waals surface area (Å²) in [6.45, 7) is 4.62. The zero-order valence-corrected chi connectivity index (χ0v) is 10.8. The molecule has 0 radical (unpaired) electrons. The molecule has 1 aromatic rings. The topological polar surface area (TPSA) is 43.1 Å². The van der Waals surface area contributed by atoms with Gasteiger partial charge >= 0.3 is 0 Å². The summed E-state index contributed by atoms with van der Waals surface area (Å²) in [4.78, 5) is 11.8. The molecule has 0 bridgehead atoms. The fraction of sp³-hybridized carbons (Fsp3) is 0.500. The van der Waals surface area contributed by atoms with Gasteiger partial charge in [-0.3, -0.25) is 4.79 Å². The molecule has 2 nitrogen and oxygen atoms in total. The Bertz CT molecular complexity index is 410. The van der Waals surface area contributed by atoms with Crippen LogP contribution in [0.5, 0.6) is 0 Å². The molecule has 0 saturated carbocycles. The van der Waals surface area contributed by atoms with Gasteiger partial charge in [0.1, 0.15) is 11.6 Å². The molecule has 0 aliphatic heterocycles. The monoisotopic (exact) mass is 255 g/mol. The minimum Gasteiger partial charge on any atom is -0.330 e. The Labute approximate surface area is 106 Å². The third-order valence-corrected chi connectivity index (χ3v) is 3.03. The van der Waals surface area contributed by atoms with Crippen LogP contribution >= 0.6 is 0 Å². The zero-order valence-electron chi connectivity index (χ0n) is 10.8. The molecule has 2 N–H and O–H groups in total. The second-order valence-electron chi connectivity index (χ2n) is 5.28. The quantitative estimate of drug-likeness (QED) is 0.792. The number of halogens is 2. The maximum Gasteiger partial charge on any atom is 0.163 e. The molecule has 18 heavy (non-hydrogen) atoms. The number of benzene rings is 1. The van der Waals surface area contributed by atoms with Crippen molar-refractivity contribution in [1.82, 2.24) is 0 Å². The van der Waals surface area contributed by atoms with Crippen LogP contribution in [0.4, 0.5) is 8.78 Å². The van der Waals surface area contributed by atoms with Gasteiger partial charge in [-0.15, -0.1) is 0 Å².